The minimum absolute atomic E-state index is 0.0754. The lowest BCUT2D eigenvalue weighted by Crippen LogP contribution is -2.36. The number of carbonyl (C=O) groups excluding carboxylic acids is 2. The predicted molar refractivity (Wildman–Crippen MR) is 105 cm³/mol. The largest absolute Gasteiger partial charge is 0.497 e. The van der Waals surface area contributed by atoms with E-state index in [0.29, 0.717) is 29.5 Å². The van der Waals surface area contributed by atoms with Gasteiger partial charge in [0.1, 0.15) is 11.5 Å². The standard InChI is InChI=1S/C20H25N3O4/c1-4-27-18-11-6-5-10-17(18)22-20(25)14-23(2)13-19(24)21-15-8-7-9-16(12-15)26-3/h5-12H,4,13-14H2,1-3H3,(H,21,24)(H,22,25). The number of nitrogens with one attached hydrogen (secondary N) is 2. The van der Waals surface area contributed by atoms with E-state index in [-0.39, 0.29) is 24.9 Å². The van der Waals surface area contributed by atoms with E-state index in [9.17, 15) is 9.59 Å². The van der Waals surface area contributed by atoms with Gasteiger partial charge in [0.05, 0.1) is 32.5 Å². The summed E-state index contributed by atoms with van der Waals surface area (Å²) in [6.45, 7) is 2.55. The normalized spacial score (nSPS) is 10.4. The Hall–Kier alpha value is -3.06. The van der Waals surface area contributed by atoms with Crippen molar-refractivity contribution >= 4 is 23.2 Å². The molecule has 2 N–H and O–H groups in total. The molecule has 144 valence electrons. The van der Waals surface area contributed by atoms with E-state index in [1.807, 2.05) is 19.1 Å². The summed E-state index contributed by atoms with van der Waals surface area (Å²) >= 11 is 0. The van der Waals surface area contributed by atoms with Gasteiger partial charge in [0.2, 0.25) is 11.8 Å². The number of ether oxygens (including phenoxy) is 2. The highest BCUT2D eigenvalue weighted by Crippen LogP contribution is 2.23. The second kappa shape index (κ2) is 10.2. The van der Waals surface area contributed by atoms with Crippen molar-refractivity contribution in [3.8, 4) is 11.5 Å². The third kappa shape index (κ3) is 6.63. The monoisotopic (exact) mass is 371 g/mol. The van der Waals surface area contributed by atoms with E-state index in [1.165, 1.54) is 0 Å². The van der Waals surface area contributed by atoms with Crippen LogP contribution in [0, 0.1) is 0 Å². The topological polar surface area (TPSA) is 79.9 Å². The molecule has 2 amide bonds. The number of hydrogen-bond acceptors (Lipinski definition) is 5. The van der Waals surface area contributed by atoms with Crippen LogP contribution < -0.4 is 20.1 Å². The Morgan fingerprint density at radius 3 is 2.41 bits per heavy atom. The first-order valence-electron chi connectivity index (χ1n) is 8.66. The SMILES string of the molecule is CCOc1ccccc1NC(=O)CN(C)CC(=O)Nc1cccc(OC)c1. The van der Waals surface area contributed by atoms with E-state index in [2.05, 4.69) is 10.6 Å². The maximum absolute atomic E-state index is 12.2. The van der Waals surface area contributed by atoms with Crippen LogP contribution in [0.25, 0.3) is 0 Å². The van der Waals surface area contributed by atoms with Crippen LogP contribution in [0.1, 0.15) is 6.92 Å². The molecule has 0 aliphatic rings. The van der Waals surface area contributed by atoms with Gasteiger partial charge in [0.15, 0.2) is 0 Å². The van der Waals surface area contributed by atoms with Gasteiger partial charge in [-0.1, -0.05) is 18.2 Å². The van der Waals surface area contributed by atoms with Crippen molar-refractivity contribution in [3.05, 3.63) is 48.5 Å². The minimum atomic E-state index is -0.223. The molecular weight excluding hydrogens is 346 g/mol. The summed E-state index contributed by atoms with van der Waals surface area (Å²) in [6.07, 6.45) is 0. The first-order valence-corrected chi connectivity index (χ1v) is 8.66. The quantitative estimate of drug-likeness (QED) is 0.708. The molecule has 0 aliphatic carbocycles. The molecule has 0 saturated carbocycles. The number of rotatable bonds is 9. The minimum Gasteiger partial charge on any atom is -0.497 e. The fourth-order valence-corrected chi connectivity index (χ4v) is 2.49. The molecule has 0 bridgehead atoms. The molecule has 27 heavy (non-hydrogen) atoms. The summed E-state index contributed by atoms with van der Waals surface area (Å²) in [5.41, 5.74) is 1.25. The lowest BCUT2D eigenvalue weighted by Gasteiger charge is -2.17. The fourth-order valence-electron chi connectivity index (χ4n) is 2.49. The van der Waals surface area contributed by atoms with Gasteiger partial charge in [-0.25, -0.2) is 0 Å². The zero-order valence-corrected chi connectivity index (χ0v) is 15.8. The average Bonchev–Trinajstić information content (AvgIpc) is 2.63. The Morgan fingerprint density at radius 1 is 1.00 bits per heavy atom. The molecular formula is C20H25N3O4. The zero-order valence-electron chi connectivity index (χ0n) is 15.8. The van der Waals surface area contributed by atoms with Gasteiger partial charge in [-0.3, -0.25) is 14.5 Å². The number of hydrogen-bond donors (Lipinski definition) is 2. The molecule has 2 aromatic rings. The van der Waals surface area contributed by atoms with Crippen molar-refractivity contribution in [2.45, 2.75) is 6.92 Å². The lowest BCUT2D eigenvalue weighted by molar-refractivity contribution is -0.119. The molecule has 2 aromatic carbocycles. The van der Waals surface area contributed by atoms with Crippen LogP contribution in [0.4, 0.5) is 11.4 Å². The Kier molecular flexibility index (Phi) is 7.63. The molecule has 0 aliphatic heterocycles. The molecule has 0 radical (unpaired) electrons. The lowest BCUT2D eigenvalue weighted by atomic mass is 10.3. The van der Waals surface area contributed by atoms with E-state index < -0.39 is 0 Å². The number of amides is 2. The van der Waals surface area contributed by atoms with Crippen molar-refractivity contribution in [1.29, 1.82) is 0 Å². The van der Waals surface area contributed by atoms with E-state index in [1.54, 1.807) is 55.5 Å². The van der Waals surface area contributed by atoms with Crippen LogP contribution >= 0.6 is 0 Å². The third-order valence-electron chi connectivity index (χ3n) is 3.64. The maximum atomic E-state index is 12.2. The number of benzene rings is 2. The van der Waals surface area contributed by atoms with Gasteiger partial charge < -0.3 is 20.1 Å². The van der Waals surface area contributed by atoms with Crippen LogP contribution in [0.5, 0.6) is 11.5 Å². The first-order chi connectivity index (χ1) is 13.0. The maximum Gasteiger partial charge on any atom is 0.238 e. The number of methoxy groups -OCH3 is 1. The van der Waals surface area contributed by atoms with Crippen molar-refractivity contribution in [2.24, 2.45) is 0 Å². The highest BCUT2D eigenvalue weighted by atomic mass is 16.5. The highest BCUT2D eigenvalue weighted by Gasteiger charge is 2.13. The molecule has 0 fully saturated rings. The Bertz CT molecular complexity index is 779. The second-order valence-electron chi connectivity index (χ2n) is 5.93. The van der Waals surface area contributed by atoms with Gasteiger partial charge in [-0.05, 0) is 38.2 Å². The molecule has 7 heteroatoms. The number of carbonyl (C=O) groups is 2. The van der Waals surface area contributed by atoms with Crippen molar-refractivity contribution in [3.63, 3.8) is 0 Å². The van der Waals surface area contributed by atoms with Crippen LogP contribution in [-0.2, 0) is 9.59 Å². The Labute approximate surface area is 159 Å². The summed E-state index contributed by atoms with van der Waals surface area (Å²) in [5.74, 6) is 0.840. The number of nitrogens with zero attached hydrogens (tertiary/aromatic N) is 1. The molecule has 0 heterocycles. The summed E-state index contributed by atoms with van der Waals surface area (Å²) in [5, 5.41) is 5.59. The van der Waals surface area contributed by atoms with Crippen LogP contribution in [-0.4, -0.2) is 50.6 Å². The second-order valence-corrected chi connectivity index (χ2v) is 5.93. The molecule has 0 atom stereocenters. The van der Waals surface area contributed by atoms with Crippen molar-refractivity contribution in [1.82, 2.24) is 4.90 Å². The van der Waals surface area contributed by atoms with Gasteiger partial charge in [0.25, 0.3) is 0 Å². The summed E-state index contributed by atoms with van der Waals surface area (Å²) < 4.78 is 10.6. The van der Waals surface area contributed by atoms with Gasteiger partial charge in [0, 0.05) is 11.8 Å². The van der Waals surface area contributed by atoms with E-state index >= 15 is 0 Å². The molecule has 7 nitrogen and oxygen atoms in total. The Balaban J connectivity index is 1.84. The van der Waals surface area contributed by atoms with Gasteiger partial charge in [-0.2, -0.15) is 0 Å². The number of anilines is 2. The molecule has 0 spiro atoms. The van der Waals surface area contributed by atoms with E-state index in [4.69, 9.17) is 9.47 Å². The first kappa shape index (κ1) is 20.3. The van der Waals surface area contributed by atoms with Crippen molar-refractivity contribution < 1.29 is 19.1 Å². The molecule has 0 unspecified atom stereocenters. The highest BCUT2D eigenvalue weighted by molar-refractivity contribution is 5.95. The zero-order chi connectivity index (χ0) is 19.6. The van der Waals surface area contributed by atoms with Gasteiger partial charge in [-0.15, -0.1) is 0 Å². The van der Waals surface area contributed by atoms with Crippen LogP contribution in [0.2, 0.25) is 0 Å². The molecule has 0 saturated heterocycles. The average molecular weight is 371 g/mol. The number of para-hydroxylation sites is 2. The van der Waals surface area contributed by atoms with Crippen LogP contribution in [0.3, 0.4) is 0 Å². The molecule has 2 rings (SSSR count). The summed E-state index contributed by atoms with van der Waals surface area (Å²) in [4.78, 5) is 26.0. The number of likely N-dealkylation sites (N-methyl/N-ethyl adjacent to an activating group) is 1. The smallest absolute Gasteiger partial charge is 0.238 e. The third-order valence-corrected chi connectivity index (χ3v) is 3.64. The van der Waals surface area contributed by atoms with E-state index in [0.717, 1.165) is 0 Å². The molecule has 0 aromatic heterocycles. The fraction of sp³-hybridized carbons (Fsp3) is 0.300. The summed E-state index contributed by atoms with van der Waals surface area (Å²) in [6, 6.07) is 14.3. The van der Waals surface area contributed by atoms with Gasteiger partial charge >= 0.3 is 0 Å². The predicted octanol–water partition coefficient (Wildman–Crippen LogP) is 2.60. The summed E-state index contributed by atoms with van der Waals surface area (Å²) in [7, 11) is 3.27. The Morgan fingerprint density at radius 2 is 1.70 bits per heavy atom. The van der Waals surface area contributed by atoms with Crippen molar-refractivity contribution in [2.75, 3.05) is 44.5 Å². The van der Waals surface area contributed by atoms with Crippen LogP contribution in [0.15, 0.2) is 48.5 Å².